The minimum atomic E-state index is 0.225. The molecule has 0 saturated carbocycles. The fraction of sp³-hybridized carbons (Fsp3) is 0.158. The molecule has 1 aliphatic rings. The highest BCUT2D eigenvalue weighted by molar-refractivity contribution is 5.73. The van der Waals surface area contributed by atoms with Gasteiger partial charge < -0.3 is 25.3 Å². The summed E-state index contributed by atoms with van der Waals surface area (Å²) >= 11 is 0. The van der Waals surface area contributed by atoms with Crippen LogP contribution in [0.25, 0.3) is 0 Å². The van der Waals surface area contributed by atoms with E-state index in [1.807, 2.05) is 50.2 Å². The molecule has 0 bridgehead atoms. The Morgan fingerprint density at radius 3 is 2.69 bits per heavy atom. The smallest absolute Gasteiger partial charge is 0.248 e. The molecule has 0 radical (unpaired) electrons. The van der Waals surface area contributed by atoms with Gasteiger partial charge in [-0.05, 0) is 49.2 Å². The molecule has 7 nitrogen and oxygen atoms in total. The van der Waals surface area contributed by atoms with Crippen molar-refractivity contribution in [3.05, 3.63) is 53.9 Å². The van der Waals surface area contributed by atoms with Gasteiger partial charge in [-0.3, -0.25) is 0 Å². The number of benzene rings is 2. The van der Waals surface area contributed by atoms with E-state index in [1.54, 1.807) is 0 Å². The van der Waals surface area contributed by atoms with E-state index in [9.17, 15) is 0 Å². The Bertz CT molecular complexity index is 975. The third-order valence-corrected chi connectivity index (χ3v) is 4.18. The lowest BCUT2D eigenvalue weighted by Gasteiger charge is -2.12. The second kappa shape index (κ2) is 6.44. The number of nitrogen functional groups attached to an aromatic ring is 1. The summed E-state index contributed by atoms with van der Waals surface area (Å²) in [6.45, 7) is 4.30. The van der Waals surface area contributed by atoms with Crippen LogP contribution in [-0.2, 0) is 0 Å². The predicted molar refractivity (Wildman–Crippen MR) is 98.3 cm³/mol. The van der Waals surface area contributed by atoms with Crippen molar-refractivity contribution >= 4 is 17.2 Å². The normalized spacial score (nSPS) is 12.1. The number of hydrogen-bond donors (Lipinski definition) is 2. The van der Waals surface area contributed by atoms with E-state index in [1.165, 1.54) is 11.9 Å². The first-order valence-corrected chi connectivity index (χ1v) is 8.12. The van der Waals surface area contributed by atoms with Crippen LogP contribution in [0.3, 0.4) is 0 Å². The number of hydrogen-bond acceptors (Lipinski definition) is 7. The molecule has 0 amide bonds. The number of nitrogens with two attached hydrogens (primary N) is 1. The number of anilines is 3. The first kappa shape index (κ1) is 16.0. The highest BCUT2D eigenvalue weighted by Gasteiger charge is 2.15. The zero-order valence-corrected chi connectivity index (χ0v) is 14.4. The van der Waals surface area contributed by atoms with Gasteiger partial charge in [0.15, 0.2) is 17.3 Å². The summed E-state index contributed by atoms with van der Waals surface area (Å²) in [5.74, 6) is 2.82. The minimum Gasteiger partial charge on any atom is -0.454 e. The highest BCUT2D eigenvalue weighted by atomic mass is 16.7. The van der Waals surface area contributed by atoms with Crippen LogP contribution in [-0.4, -0.2) is 16.8 Å². The number of ether oxygens (including phenoxy) is 3. The third kappa shape index (κ3) is 3.06. The molecule has 2 aromatic carbocycles. The van der Waals surface area contributed by atoms with E-state index in [4.69, 9.17) is 19.9 Å². The van der Waals surface area contributed by atoms with E-state index in [0.717, 1.165) is 11.3 Å². The quantitative estimate of drug-likeness (QED) is 0.736. The number of fused-ring (bicyclic) bond motifs is 1. The molecule has 0 fully saturated rings. The van der Waals surface area contributed by atoms with Crippen molar-refractivity contribution in [1.29, 1.82) is 0 Å². The molecule has 7 heteroatoms. The molecule has 0 aliphatic carbocycles. The van der Waals surface area contributed by atoms with Gasteiger partial charge in [0.2, 0.25) is 12.7 Å². The number of aromatic nitrogens is 2. The molecule has 0 unspecified atom stereocenters. The topological polar surface area (TPSA) is 91.5 Å². The van der Waals surface area contributed by atoms with Crippen molar-refractivity contribution in [3.63, 3.8) is 0 Å². The average Bonchev–Trinajstić information content (AvgIpc) is 3.09. The van der Waals surface area contributed by atoms with Gasteiger partial charge in [0, 0.05) is 11.8 Å². The van der Waals surface area contributed by atoms with Crippen LogP contribution in [0.4, 0.5) is 17.2 Å². The van der Waals surface area contributed by atoms with Gasteiger partial charge >= 0.3 is 0 Å². The summed E-state index contributed by atoms with van der Waals surface area (Å²) < 4.78 is 16.5. The zero-order chi connectivity index (χ0) is 18.1. The van der Waals surface area contributed by atoms with Crippen LogP contribution in [0, 0.1) is 13.8 Å². The van der Waals surface area contributed by atoms with Gasteiger partial charge in [-0.15, -0.1) is 0 Å². The zero-order valence-electron chi connectivity index (χ0n) is 14.4. The summed E-state index contributed by atoms with van der Waals surface area (Å²) in [7, 11) is 0. The predicted octanol–water partition coefficient (Wildman–Crippen LogP) is 3.94. The number of rotatable bonds is 4. The Morgan fingerprint density at radius 1 is 1.00 bits per heavy atom. The van der Waals surface area contributed by atoms with E-state index < -0.39 is 0 Å². The van der Waals surface area contributed by atoms with Crippen LogP contribution in [0.15, 0.2) is 42.7 Å². The molecule has 2 heterocycles. The Hall–Kier alpha value is -3.48. The van der Waals surface area contributed by atoms with Crippen LogP contribution in [0.5, 0.6) is 23.1 Å². The van der Waals surface area contributed by atoms with Gasteiger partial charge in [0.1, 0.15) is 17.8 Å². The Kier molecular flexibility index (Phi) is 3.96. The highest BCUT2D eigenvalue weighted by Crippen LogP contribution is 2.36. The fourth-order valence-electron chi connectivity index (χ4n) is 2.56. The van der Waals surface area contributed by atoms with Crippen molar-refractivity contribution < 1.29 is 14.2 Å². The monoisotopic (exact) mass is 350 g/mol. The van der Waals surface area contributed by atoms with E-state index in [-0.39, 0.29) is 6.79 Å². The van der Waals surface area contributed by atoms with Crippen molar-refractivity contribution in [3.8, 4) is 23.1 Å². The molecule has 3 aromatic rings. The summed E-state index contributed by atoms with van der Waals surface area (Å²) in [6.07, 6.45) is 1.40. The first-order chi connectivity index (χ1) is 12.6. The molecule has 1 aliphatic heterocycles. The maximum Gasteiger partial charge on any atom is 0.248 e. The standard InChI is InChI=1S/C19H18N4O3/c1-11-3-5-14(7-12(11)2)26-19-17(20)18(21-9-22-19)23-13-4-6-15-16(8-13)25-10-24-15/h3-9H,10,20H2,1-2H3,(H,21,22,23). The van der Waals surface area contributed by atoms with Gasteiger partial charge in [-0.25, -0.2) is 4.98 Å². The van der Waals surface area contributed by atoms with Crippen molar-refractivity contribution in [2.24, 2.45) is 0 Å². The van der Waals surface area contributed by atoms with Crippen LogP contribution in [0.1, 0.15) is 11.1 Å². The van der Waals surface area contributed by atoms with E-state index in [0.29, 0.717) is 34.6 Å². The number of nitrogens with one attached hydrogen (secondary N) is 1. The van der Waals surface area contributed by atoms with E-state index >= 15 is 0 Å². The SMILES string of the molecule is Cc1ccc(Oc2ncnc(Nc3ccc4c(c3)OCO4)c2N)cc1C. The first-order valence-electron chi connectivity index (χ1n) is 8.12. The lowest BCUT2D eigenvalue weighted by molar-refractivity contribution is 0.174. The second-order valence-corrected chi connectivity index (χ2v) is 5.98. The number of aryl methyl sites for hydroxylation is 2. The second-order valence-electron chi connectivity index (χ2n) is 5.98. The van der Waals surface area contributed by atoms with E-state index in [2.05, 4.69) is 15.3 Å². The Morgan fingerprint density at radius 2 is 1.85 bits per heavy atom. The van der Waals surface area contributed by atoms with Gasteiger partial charge in [0.25, 0.3) is 0 Å². The molecule has 26 heavy (non-hydrogen) atoms. The molecule has 132 valence electrons. The van der Waals surface area contributed by atoms with Crippen LogP contribution >= 0.6 is 0 Å². The molecule has 0 spiro atoms. The van der Waals surface area contributed by atoms with Gasteiger partial charge in [0.05, 0.1) is 0 Å². The average molecular weight is 350 g/mol. The largest absolute Gasteiger partial charge is 0.454 e. The summed E-state index contributed by atoms with van der Waals surface area (Å²) in [5.41, 5.74) is 9.61. The molecule has 0 saturated heterocycles. The number of nitrogens with zero attached hydrogens (tertiary/aromatic N) is 2. The molecule has 3 N–H and O–H groups in total. The maximum atomic E-state index is 6.19. The third-order valence-electron chi connectivity index (χ3n) is 4.18. The summed E-state index contributed by atoms with van der Waals surface area (Å²) in [5, 5.41) is 3.16. The molecule has 0 atom stereocenters. The lowest BCUT2D eigenvalue weighted by atomic mass is 10.1. The van der Waals surface area contributed by atoms with Gasteiger partial charge in [-0.2, -0.15) is 4.98 Å². The van der Waals surface area contributed by atoms with Crippen molar-refractivity contribution in [1.82, 2.24) is 9.97 Å². The maximum absolute atomic E-state index is 6.19. The molecule has 4 rings (SSSR count). The summed E-state index contributed by atoms with van der Waals surface area (Å²) in [4.78, 5) is 8.34. The van der Waals surface area contributed by atoms with Crippen molar-refractivity contribution in [2.45, 2.75) is 13.8 Å². The lowest BCUT2D eigenvalue weighted by Crippen LogP contribution is -2.03. The van der Waals surface area contributed by atoms with Crippen LogP contribution < -0.4 is 25.3 Å². The van der Waals surface area contributed by atoms with Crippen LogP contribution in [0.2, 0.25) is 0 Å². The van der Waals surface area contributed by atoms with Crippen molar-refractivity contribution in [2.75, 3.05) is 17.8 Å². The molecular weight excluding hydrogens is 332 g/mol. The molecule has 1 aromatic heterocycles. The summed E-state index contributed by atoms with van der Waals surface area (Å²) in [6, 6.07) is 11.3. The fourth-order valence-corrected chi connectivity index (χ4v) is 2.56. The minimum absolute atomic E-state index is 0.225. The van der Waals surface area contributed by atoms with Gasteiger partial charge in [-0.1, -0.05) is 6.07 Å². The Balaban J connectivity index is 1.58. The Labute approximate surface area is 150 Å². The molecular formula is C19H18N4O3.